The van der Waals surface area contributed by atoms with Crippen molar-refractivity contribution in [3.8, 4) is 5.75 Å². The van der Waals surface area contributed by atoms with Crippen LogP contribution in [0.3, 0.4) is 0 Å². The number of amides is 3. The number of hydrogen-bond donors (Lipinski definition) is 1. The lowest BCUT2D eigenvalue weighted by Crippen LogP contribution is -2.41. The highest BCUT2D eigenvalue weighted by Gasteiger charge is 2.62. The summed E-state index contributed by atoms with van der Waals surface area (Å²) < 4.78 is 10.9. The van der Waals surface area contributed by atoms with E-state index in [1.165, 1.54) is 6.07 Å². The molecule has 0 aromatic heterocycles. The molecule has 1 fully saturated rings. The van der Waals surface area contributed by atoms with Gasteiger partial charge in [-0.05, 0) is 53.4 Å². The molecule has 4 aromatic carbocycles. The molecule has 1 heterocycles. The Morgan fingerprint density at radius 2 is 1.23 bits per heavy atom. The number of benzene rings is 4. The van der Waals surface area contributed by atoms with E-state index in [2.05, 4.69) is 5.32 Å². The van der Waals surface area contributed by atoms with Crippen LogP contribution in [0.4, 0.5) is 11.4 Å². The van der Waals surface area contributed by atoms with Crippen LogP contribution in [0.15, 0.2) is 97.1 Å². The van der Waals surface area contributed by atoms with Crippen molar-refractivity contribution in [2.24, 2.45) is 11.8 Å². The van der Waals surface area contributed by atoms with Gasteiger partial charge in [-0.2, -0.15) is 0 Å². The summed E-state index contributed by atoms with van der Waals surface area (Å²) in [4.78, 5) is 55.4. The van der Waals surface area contributed by atoms with E-state index < -0.39 is 30.3 Å². The molecular formula is C35H28N2O6. The van der Waals surface area contributed by atoms with Gasteiger partial charge in [0.25, 0.3) is 5.91 Å². The molecule has 4 aromatic rings. The number of nitrogens with one attached hydrogen (secondary N) is 1. The molecule has 0 saturated carbocycles. The molecule has 3 amide bonds. The van der Waals surface area contributed by atoms with Gasteiger partial charge in [-0.15, -0.1) is 0 Å². The molecule has 1 aliphatic heterocycles. The molecule has 8 rings (SSSR count). The number of hydrogen-bond acceptors (Lipinski definition) is 6. The lowest BCUT2D eigenvalue weighted by atomic mass is 9.55. The third-order valence-corrected chi connectivity index (χ3v) is 8.61. The number of carbonyl (C=O) groups excluding carboxylic acids is 4. The summed E-state index contributed by atoms with van der Waals surface area (Å²) in [6.07, 6.45) is 0. The van der Waals surface area contributed by atoms with Gasteiger partial charge in [-0.25, -0.2) is 9.69 Å². The summed E-state index contributed by atoms with van der Waals surface area (Å²) >= 11 is 0. The molecule has 0 unspecified atom stereocenters. The molecule has 43 heavy (non-hydrogen) atoms. The minimum Gasteiger partial charge on any atom is -0.492 e. The lowest BCUT2D eigenvalue weighted by molar-refractivity contribution is -0.122. The number of anilines is 2. The molecule has 2 atom stereocenters. The van der Waals surface area contributed by atoms with E-state index in [1.807, 2.05) is 55.5 Å². The summed E-state index contributed by atoms with van der Waals surface area (Å²) in [6, 6.07) is 29.4. The summed E-state index contributed by atoms with van der Waals surface area (Å²) in [5, 5.41) is 2.69. The molecule has 0 spiro atoms. The number of carbonyl (C=O) groups is 4. The highest BCUT2D eigenvalue weighted by Crippen LogP contribution is 2.61. The minimum atomic E-state index is -0.811. The van der Waals surface area contributed by atoms with Crippen LogP contribution in [-0.4, -0.2) is 36.9 Å². The molecule has 0 radical (unpaired) electrons. The van der Waals surface area contributed by atoms with Crippen molar-refractivity contribution in [2.45, 2.75) is 18.8 Å². The van der Waals surface area contributed by atoms with Crippen LogP contribution >= 0.6 is 0 Å². The summed E-state index contributed by atoms with van der Waals surface area (Å²) in [6.45, 7) is 1.70. The minimum absolute atomic E-state index is 0.0349. The van der Waals surface area contributed by atoms with Crippen molar-refractivity contribution in [1.29, 1.82) is 0 Å². The van der Waals surface area contributed by atoms with Crippen molar-refractivity contribution in [2.75, 3.05) is 23.4 Å². The fourth-order valence-electron chi connectivity index (χ4n) is 7.00. The Bertz CT molecular complexity index is 1680. The number of rotatable bonds is 7. The first-order chi connectivity index (χ1) is 21.0. The topological polar surface area (TPSA) is 102 Å². The quantitative estimate of drug-likeness (QED) is 0.239. The van der Waals surface area contributed by atoms with Crippen LogP contribution in [0.25, 0.3) is 0 Å². The van der Waals surface area contributed by atoms with E-state index in [4.69, 9.17) is 9.47 Å². The smallest absolute Gasteiger partial charge is 0.340 e. The van der Waals surface area contributed by atoms with Gasteiger partial charge in [-0.1, -0.05) is 72.8 Å². The number of para-hydroxylation sites is 3. The van der Waals surface area contributed by atoms with Gasteiger partial charge >= 0.3 is 5.97 Å². The van der Waals surface area contributed by atoms with E-state index in [0.29, 0.717) is 18.0 Å². The number of ether oxygens (including phenoxy) is 2. The summed E-state index contributed by atoms with van der Waals surface area (Å²) in [7, 11) is 0. The largest absolute Gasteiger partial charge is 0.492 e. The van der Waals surface area contributed by atoms with Gasteiger partial charge in [0.2, 0.25) is 11.8 Å². The number of nitrogens with zero attached hydrogens (tertiary/aromatic N) is 1. The second kappa shape index (κ2) is 10.5. The average molecular weight is 573 g/mol. The second-order valence-corrected chi connectivity index (χ2v) is 10.8. The monoisotopic (exact) mass is 572 g/mol. The highest BCUT2D eigenvalue weighted by molar-refractivity contribution is 6.25. The van der Waals surface area contributed by atoms with Crippen LogP contribution in [0.2, 0.25) is 0 Å². The number of esters is 1. The Morgan fingerprint density at radius 3 is 1.81 bits per heavy atom. The van der Waals surface area contributed by atoms with Crippen LogP contribution < -0.4 is 15.0 Å². The first-order valence-electron chi connectivity index (χ1n) is 14.3. The third-order valence-electron chi connectivity index (χ3n) is 8.61. The van der Waals surface area contributed by atoms with Gasteiger partial charge in [0.1, 0.15) is 5.75 Å². The zero-order valence-corrected chi connectivity index (χ0v) is 23.4. The van der Waals surface area contributed by atoms with E-state index >= 15 is 0 Å². The maximum atomic E-state index is 14.2. The van der Waals surface area contributed by atoms with Crippen molar-refractivity contribution in [1.82, 2.24) is 0 Å². The van der Waals surface area contributed by atoms with Crippen molar-refractivity contribution in [3.05, 3.63) is 125 Å². The van der Waals surface area contributed by atoms with Crippen molar-refractivity contribution < 1.29 is 28.7 Å². The van der Waals surface area contributed by atoms with Gasteiger partial charge < -0.3 is 14.8 Å². The Hall–Kier alpha value is -5.24. The third kappa shape index (κ3) is 4.21. The van der Waals surface area contributed by atoms with Gasteiger partial charge in [0, 0.05) is 11.8 Å². The first kappa shape index (κ1) is 26.6. The van der Waals surface area contributed by atoms with Crippen LogP contribution in [-0.2, 0) is 19.1 Å². The predicted molar refractivity (Wildman–Crippen MR) is 159 cm³/mol. The number of imide groups is 1. The lowest BCUT2D eigenvalue weighted by Gasteiger charge is -2.45. The van der Waals surface area contributed by atoms with Crippen LogP contribution in [0.5, 0.6) is 5.75 Å². The molecule has 1 N–H and O–H groups in total. The maximum Gasteiger partial charge on any atom is 0.340 e. The molecule has 3 aliphatic carbocycles. The molecule has 4 aliphatic rings. The summed E-state index contributed by atoms with van der Waals surface area (Å²) in [5.74, 6) is -3.21. The van der Waals surface area contributed by atoms with E-state index in [1.54, 1.807) is 42.5 Å². The van der Waals surface area contributed by atoms with E-state index in [9.17, 15) is 19.2 Å². The highest BCUT2D eigenvalue weighted by atomic mass is 16.5. The zero-order chi connectivity index (χ0) is 29.7. The predicted octanol–water partition coefficient (Wildman–Crippen LogP) is 5.28. The maximum absolute atomic E-state index is 14.2. The Morgan fingerprint density at radius 1 is 0.721 bits per heavy atom. The van der Waals surface area contributed by atoms with Crippen molar-refractivity contribution in [3.63, 3.8) is 0 Å². The standard InChI is InChI=1S/C35H28N2O6/c1-2-42-27-18-10-8-16-25(27)36-28(38)19-43-35(41)24-15-7-9-17-26(24)37-33(39)31-29-20-11-3-4-12-21(20)30(32(31)34(37)40)23-14-6-5-13-22(23)29/h3-18,29-32H,2,19H2,1H3,(H,36,38)/t29?,30?,31-,32-/m1/s1. The Labute approximate surface area is 248 Å². The van der Waals surface area contributed by atoms with Crippen LogP contribution in [0, 0.1) is 11.8 Å². The second-order valence-electron chi connectivity index (χ2n) is 10.8. The van der Waals surface area contributed by atoms with E-state index in [-0.39, 0.29) is 34.9 Å². The van der Waals surface area contributed by atoms with Crippen molar-refractivity contribution >= 4 is 35.1 Å². The zero-order valence-electron chi connectivity index (χ0n) is 23.4. The Balaban J connectivity index is 1.16. The van der Waals surface area contributed by atoms with Gasteiger partial charge in [0.05, 0.1) is 35.4 Å². The average Bonchev–Trinajstić information content (AvgIpc) is 3.30. The molecule has 8 nitrogen and oxygen atoms in total. The van der Waals surface area contributed by atoms with E-state index in [0.717, 1.165) is 27.2 Å². The fourth-order valence-corrected chi connectivity index (χ4v) is 7.00. The van der Waals surface area contributed by atoms with Crippen LogP contribution in [0.1, 0.15) is 51.4 Å². The normalized spacial score (nSPS) is 21.1. The van der Waals surface area contributed by atoms with Gasteiger partial charge in [0.15, 0.2) is 6.61 Å². The van der Waals surface area contributed by atoms with Gasteiger partial charge in [-0.3, -0.25) is 14.4 Å². The molecule has 8 heteroatoms. The molecule has 1 saturated heterocycles. The SMILES string of the molecule is CCOc1ccccc1NC(=O)COC(=O)c1ccccc1N1C(=O)[C@@H]2C3c4ccccc4C(c4ccccc43)[C@H]2C1=O. The molecule has 214 valence electrons. The first-order valence-corrected chi connectivity index (χ1v) is 14.3. The molecular weight excluding hydrogens is 544 g/mol. The summed E-state index contributed by atoms with van der Waals surface area (Å²) in [5.41, 5.74) is 4.93. The molecule has 2 bridgehead atoms. The Kier molecular flexibility index (Phi) is 6.54. The fraction of sp³-hybridized carbons (Fsp3) is 0.200.